The summed E-state index contributed by atoms with van der Waals surface area (Å²) < 4.78 is 38.9. The lowest BCUT2D eigenvalue weighted by atomic mass is 10.1. The number of hydrogen-bond acceptors (Lipinski definition) is 3. The molecule has 2 N–H and O–H groups in total. The van der Waals surface area contributed by atoms with E-state index in [1.165, 1.54) is 30.8 Å². The number of anilines is 1. The number of aromatic amines is 1. The predicted molar refractivity (Wildman–Crippen MR) is 102 cm³/mol. The third-order valence-electron chi connectivity index (χ3n) is 4.08. The number of nitrogens with zero attached hydrogens (tertiary/aromatic N) is 1. The van der Waals surface area contributed by atoms with E-state index >= 15 is 0 Å². The fourth-order valence-electron chi connectivity index (χ4n) is 2.65. The molecule has 1 amide bonds. The molecule has 1 atom stereocenters. The SMILES string of the molecule is Cc1ccc(NC(=O)CSC(C)c2nc3ccccc3[nH]2)cc1C(F)(F)F. The predicted octanol–water partition coefficient (Wildman–Crippen LogP) is 5.32. The molecule has 142 valence electrons. The first-order valence-electron chi connectivity index (χ1n) is 8.28. The monoisotopic (exact) mass is 393 g/mol. The van der Waals surface area contributed by atoms with Crippen LogP contribution in [0.25, 0.3) is 11.0 Å². The van der Waals surface area contributed by atoms with Crippen molar-refractivity contribution < 1.29 is 18.0 Å². The van der Waals surface area contributed by atoms with E-state index in [1.807, 2.05) is 31.2 Å². The average Bonchev–Trinajstić information content (AvgIpc) is 3.04. The van der Waals surface area contributed by atoms with Gasteiger partial charge in [0.2, 0.25) is 5.91 Å². The second-order valence-corrected chi connectivity index (χ2v) is 7.50. The second-order valence-electron chi connectivity index (χ2n) is 6.17. The molecule has 2 aromatic carbocycles. The number of halogens is 3. The minimum Gasteiger partial charge on any atom is -0.341 e. The van der Waals surface area contributed by atoms with Gasteiger partial charge >= 0.3 is 6.18 Å². The summed E-state index contributed by atoms with van der Waals surface area (Å²) >= 11 is 1.36. The minimum atomic E-state index is -4.45. The summed E-state index contributed by atoms with van der Waals surface area (Å²) in [7, 11) is 0. The van der Waals surface area contributed by atoms with Gasteiger partial charge in [0.15, 0.2) is 0 Å². The molecule has 0 aliphatic carbocycles. The summed E-state index contributed by atoms with van der Waals surface area (Å²) in [6.07, 6.45) is -4.45. The van der Waals surface area contributed by atoms with Crippen LogP contribution in [0.2, 0.25) is 0 Å². The lowest BCUT2D eigenvalue weighted by Gasteiger charge is -2.13. The summed E-state index contributed by atoms with van der Waals surface area (Å²) in [5.41, 5.74) is 1.28. The molecule has 0 saturated carbocycles. The molecule has 27 heavy (non-hydrogen) atoms. The number of hydrogen-bond donors (Lipinski definition) is 2. The summed E-state index contributed by atoms with van der Waals surface area (Å²) in [5, 5.41) is 2.46. The normalized spacial score (nSPS) is 12.9. The number of imidazole rings is 1. The molecular formula is C19H18F3N3OS. The number of alkyl halides is 3. The molecule has 0 saturated heterocycles. The van der Waals surface area contributed by atoms with Crippen LogP contribution < -0.4 is 5.32 Å². The van der Waals surface area contributed by atoms with E-state index in [9.17, 15) is 18.0 Å². The highest BCUT2D eigenvalue weighted by Crippen LogP contribution is 2.33. The van der Waals surface area contributed by atoms with Gasteiger partial charge in [-0.25, -0.2) is 4.98 Å². The van der Waals surface area contributed by atoms with E-state index in [0.717, 1.165) is 22.9 Å². The van der Waals surface area contributed by atoms with E-state index in [0.29, 0.717) is 0 Å². The molecule has 3 aromatic rings. The van der Waals surface area contributed by atoms with Gasteiger partial charge in [-0.3, -0.25) is 4.79 Å². The average molecular weight is 393 g/mol. The highest BCUT2D eigenvalue weighted by Gasteiger charge is 2.32. The van der Waals surface area contributed by atoms with Crippen LogP contribution in [0, 0.1) is 6.92 Å². The maximum Gasteiger partial charge on any atom is 0.416 e. The first-order valence-corrected chi connectivity index (χ1v) is 9.33. The van der Waals surface area contributed by atoms with Crippen LogP contribution in [-0.2, 0) is 11.0 Å². The van der Waals surface area contributed by atoms with Gasteiger partial charge in [-0.15, -0.1) is 11.8 Å². The first-order chi connectivity index (χ1) is 12.7. The van der Waals surface area contributed by atoms with Crippen molar-refractivity contribution in [2.45, 2.75) is 25.3 Å². The molecule has 0 bridgehead atoms. The molecule has 0 aliphatic heterocycles. The third kappa shape index (κ3) is 4.63. The number of para-hydroxylation sites is 2. The van der Waals surface area contributed by atoms with Gasteiger partial charge in [-0.1, -0.05) is 18.2 Å². The quantitative estimate of drug-likeness (QED) is 0.617. The van der Waals surface area contributed by atoms with E-state index in [2.05, 4.69) is 15.3 Å². The smallest absolute Gasteiger partial charge is 0.341 e. The summed E-state index contributed by atoms with van der Waals surface area (Å²) in [5.74, 6) is 0.497. The van der Waals surface area contributed by atoms with Crippen LogP contribution in [0.5, 0.6) is 0 Å². The molecular weight excluding hydrogens is 375 g/mol. The standard InChI is InChI=1S/C19H18F3N3OS/c1-11-7-8-13(9-14(11)19(20,21)22)23-17(26)10-27-12(2)18-24-15-5-3-4-6-16(15)25-18/h3-9,12H,10H2,1-2H3,(H,23,26)(H,24,25). The zero-order valence-electron chi connectivity index (χ0n) is 14.7. The fourth-order valence-corrected chi connectivity index (χ4v) is 3.39. The summed E-state index contributed by atoms with van der Waals surface area (Å²) in [6.45, 7) is 3.31. The van der Waals surface area contributed by atoms with Crippen molar-refractivity contribution >= 4 is 34.4 Å². The number of benzene rings is 2. The molecule has 0 spiro atoms. The molecule has 1 unspecified atom stereocenters. The maximum atomic E-state index is 13.0. The number of amides is 1. The molecule has 0 aliphatic rings. The summed E-state index contributed by atoms with van der Waals surface area (Å²) in [6, 6.07) is 11.4. The highest BCUT2D eigenvalue weighted by molar-refractivity contribution is 8.00. The van der Waals surface area contributed by atoms with E-state index in [4.69, 9.17) is 0 Å². The van der Waals surface area contributed by atoms with Crippen LogP contribution in [0.3, 0.4) is 0 Å². The van der Waals surface area contributed by atoms with E-state index < -0.39 is 11.7 Å². The largest absolute Gasteiger partial charge is 0.416 e. The maximum absolute atomic E-state index is 13.0. The Morgan fingerprint density at radius 3 is 2.70 bits per heavy atom. The van der Waals surface area contributed by atoms with Crippen molar-refractivity contribution in [3.63, 3.8) is 0 Å². The Morgan fingerprint density at radius 1 is 1.26 bits per heavy atom. The van der Waals surface area contributed by atoms with Crippen molar-refractivity contribution in [2.75, 3.05) is 11.1 Å². The van der Waals surface area contributed by atoms with Crippen molar-refractivity contribution in [3.8, 4) is 0 Å². The van der Waals surface area contributed by atoms with Crippen molar-refractivity contribution in [1.82, 2.24) is 9.97 Å². The zero-order chi connectivity index (χ0) is 19.6. The van der Waals surface area contributed by atoms with E-state index in [1.54, 1.807) is 0 Å². The first kappa shape index (κ1) is 19.3. The number of fused-ring (bicyclic) bond motifs is 1. The number of thioether (sulfide) groups is 1. The third-order valence-corrected chi connectivity index (χ3v) is 5.24. The number of nitrogens with one attached hydrogen (secondary N) is 2. The Balaban J connectivity index is 1.61. The number of H-pyrrole nitrogens is 1. The lowest BCUT2D eigenvalue weighted by Crippen LogP contribution is -2.16. The number of carbonyl (C=O) groups excluding carboxylic acids is 1. The van der Waals surface area contributed by atoms with Gasteiger partial charge in [-0.2, -0.15) is 13.2 Å². The van der Waals surface area contributed by atoms with Crippen LogP contribution >= 0.6 is 11.8 Å². The number of carbonyl (C=O) groups is 1. The van der Waals surface area contributed by atoms with Gasteiger partial charge in [0.1, 0.15) is 5.82 Å². The Hall–Kier alpha value is -2.48. The van der Waals surface area contributed by atoms with Crippen molar-refractivity contribution in [1.29, 1.82) is 0 Å². The van der Waals surface area contributed by atoms with Gasteiger partial charge in [-0.05, 0) is 43.7 Å². The van der Waals surface area contributed by atoms with E-state index in [-0.39, 0.29) is 28.2 Å². The van der Waals surface area contributed by atoms with Crippen LogP contribution in [0.4, 0.5) is 18.9 Å². The molecule has 4 nitrogen and oxygen atoms in total. The Kier molecular flexibility index (Phi) is 5.46. The van der Waals surface area contributed by atoms with Crippen LogP contribution in [0.1, 0.15) is 29.1 Å². The minimum absolute atomic E-state index is 0.0631. The molecule has 8 heteroatoms. The number of aromatic nitrogens is 2. The van der Waals surface area contributed by atoms with Gasteiger partial charge in [0.25, 0.3) is 0 Å². The Labute approximate surface area is 158 Å². The molecule has 1 heterocycles. The lowest BCUT2D eigenvalue weighted by molar-refractivity contribution is -0.138. The molecule has 0 radical (unpaired) electrons. The summed E-state index contributed by atoms with van der Waals surface area (Å²) in [4.78, 5) is 19.8. The molecule has 0 fully saturated rings. The highest BCUT2D eigenvalue weighted by atomic mass is 32.2. The van der Waals surface area contributed by atoms with Crippen LogP contribution in [0.15, 0.2) is 42.5 Å². The fraction of sp³-hybridized carbons (Fsp3) is 0.263. The Morgan fingerprint density at radius 2 is 2.00 bits per heavy atom. The van der Waals surface area contributed by atoms with Gasteiger partial charge < -0.3 is 10.3 Å². The topological polar surface area (TPSA) is 57.8 Å². The number of aryl methyl sites for hydroxylation is 1. The van der Waals surface area contributed by atoms with Crippen molar-refractivity contribution in [3.05, 3.63) is 59.4 Å². The second kappa shape index (κ2) is 7.64. The van der Waals surface area contributed by atoms with Gasteiger partial charge in [0, 0.05) is 5.69 Å². The van der Waals surface area contributed by atoms with Gasteiger partial charge in [0.05, 0.1) is 27.6 Å². The number of rotatable bonds is 5. The molecule has 3 rings (SSSR count). The van der Waals surface area contributed by atoms with Crippen molar-refractivity contribution in [2.24, 2.45) is 0 Å². The van der Waals surface area contributed by atoms with Crippen LogP contribution in [-0.4, -0.2) is 21.6 Å². The Bertz CT molecular complexity index is 935. The molecule has 1 aromatic heterocycles. The zero-order valence-corrected chi connectivity index (χ0v) is 15.5.